The van der Waals surface area contributed by atoms with Gasteiger partial charge in [0.05, 0.1) is 15.9 Å². The third kappa shape index (κ3) is 2.94. The molecule has 0 amide bonds. The van der Waals surface area contributed by atoms with Crippen molar-refractivity contribution < 1.29 is 4.79 Å². The molecule has 0 aromatic carbocycles. The van der Waals surface area contributed by atoms with Gasteiger partial charge in [0.1, 0.15) is 5.78 Å². The van der Waals surface area contributed by atoms with E-state index >= 15 is 0 Å². The molecule has 1 heterocycles. The number of aromatic nitrogens is 2. The van der Waals surface area contributed by atoms with Crippen LogP contribution in [0.25, 0.3) is 0 Å². The molecule has 1 aromatic rings. The lowest BCUT2D eigenvalue weighted by Crippen LogP contribution is -2.20. The first-order valence-electron chi connectivity index (χ1n) is 5.44. The van der Waals surface area contributed by atoms with Crippen LogP contribution in [-0.4, -0.2) is 15.6 Å². The lowest BCUT2D eigenvalue weighted by molar-refractivity contribution is -0.126. The minimum absolute atomic E-state index is 0.250. The molecule has 0 spiro atoms. The number of carbonyl (C=O) groups is 1. The van der Waals surface area contributed by atoms with Crippen molar-refractivity contribution in [2.24, 2.45) is 12.5 Å². The standard InChI is InChI=1S/C12H19BrN2O/c1-8-11(13)9(15(5)14-8)6-7-10(16)12(2,3)4/h6-7H2,1-5H3. The highest BCUT2D eigenvalue weighted by molar-refractivity contribution is 9.10. The maximum Gasteiger partial charge on any atom is 0.138 e. The number of rotatable bonds is 3. The maximum absolute atomic E-state index is 11.8. The Balaban J connectivity index is 2.72. The summed E-state index contributed by atoms with van der Waals surface area (Å²) in [6.45, 7) is 7.83. The Morgan fingerprint density at radius 1 is 1.44 bits per heavy atom. The van der Waals surface area contributed by atoms with Crippen LogP contribution in [0.2, 0.25) is 0 Å². The van der Waals surface area contributed by atoms with Crippen molar-refractivity contribution in [3.63, 3.8) is 0 Å². The molecule has 0 unspecified atom stereocenters. The summed E-state index contributed by atoms with van der Waals surface area (Å²) < 4.78 is 2.87. The lowest BCUT2D eigenvalue weighted by atomic mass is 9.88. The fourth-order valence-electron chi connectivity index (χ4n) is 1.56. The van der Waals surface area contributed by atoms with Crippen LogP contribution in [0.3, 0.4) is 0 Å². The topological polar surface area (TPSA) is 34.9 Å². The average Bonchev–Trinajstić information content (AvgIpc) is 2.37. The van der Waals surface area contributed by atoms with Crippen LogP contribution in [0.15, 0.2) is 4.47 Å². The monoisotopic (exact) mass is 286 g/mol. The van der Waals surface area contributed by atoms with Crippen molar-refractivity contribution in [2.45, 2.75) is 40.5 Å². The highest BCUT2D eigenvalue weighted by atomic mass is 79.9. The second-order valence-electron chi connectivity index (χ2n) is 5.14. The Morgan fingerprint density at radius 3 is 2.38 bits per heavy atom. The molecule has 0 radical (unpaired) electrons. The summed E-state index contributed by atoms with van der Waals surface area (Å²) in [6, 6.07) is 0. The van der Waals surface area contributed by atoms with Gasteiger partial charge in [0.2, 0.25) is 0 Å². The van der Waals surface area contributed by atoms with E-state index < -0.39 is 0 Å². The molecule has 4 heteroatoms. The highest BCUT2D eigenvalue weighted by Crippen LogP contribution is 2.23. The first-order chi connectivity index (χ1) is 7.23. The van der Waals surface area contributed by atoms with Gasteiger partial charge >= 0.3 is 0 Å². The summed E-state index contributed by atoms with van der Waals surface area (Å²) in [5.41, 5.74) is 1.82. The van der Waals surface area contributed by atoms with Crippen molar-refractivity contribution in [1.29, 1.82) is 0 Å². The lowest BCUT2D eigenvalue weighted by Gasteiger charge is -2.16. The van der Waals surface area contributed by atoms with E-state index in [-0.39, 0.29) is 5.41 Å². The van der Waals surface area contributed by atoms with Crippen LogP contribution in [-0.2, 0) is 18.3 Å². The van der Waals surface area contributed by atoms with Crippen LogP contribution in [0.5, 0.6) is 0 Å². The number of hydrogen-bond donors (Lipinski definition) is 0. The molecule has 0 atom stereocenters. The van der Waals surface area contributed by atoms with Gasteiger partial charge in [0.25, 0.3) is 0 Å². The summed E-state index contributed by atoms with van der Waals surface area (Å²) in [5.74, 6) is 0.290. The molecule has 0 N–H and O–H groups in total. The first-order valence-corrected chi connectivity index (χ1v) is 6.24. The maximum atomic E-state index is 11.8. The smallest absolute Gasteiger partial charge is 0.138 e. The molecule has 3 nitrogen and oxygen atoms in total. The van der Waals surface area contributed by atoms with Gasteiger partial charge in [-0.2, -0.15) is 5.10 Å². The summed E-state index contributed by atoms with van der Waals surface area (Å²) >= 11 is 3.51. The minimum atomic E-state index is -0.250. The molecule has 16 heavy (non-hydrogen) atoms. The highest BCUT2D eigenvalue weighted by Gasteiger charge is 2.21. The Morgan fingerprint density at radius 2 is 2.00 bits per heavy atom. The van der Waals surface area contributed by atoms with Crippen LogP contribution in [0.1, 0.15) is 38.6 Å². The van der Waals surface area contributed by atoms with E-state index in [1.54, 1.807) is 0 Å². The molecule has 0 bridgehead atoms. The molecule has 1 aromatic heterocycles. The Kier molecular flexibility index (Phi) is 3.94. The number of ketones is 1. The summed E-state index contributed by atoms with van der Waals surface area (Å²) in [6.07, 6.45) is 1.31. The number of aryl methyl sites for hydroxylation is 2. The predicted octanol–water partition coefficient (Wildman–Crippen LogP) is 3.04. The molecule has 0 aliphatic carbocycles. The SMILES string of the molecule is Cc1nn(C)c(CCC(=O)C(C)(C)C)c1Br. The van der Waals surface area contributed by atoms with Crippen LogP contribution >= 0.6 is 15.9 Å². The fourth-order valence-corrected chi connectivity index (χ4v) is 2.09. The number of carbonyl (C=O) groups excluding carboxylic acids is 1. The zero-order chi connectivity index (χ0) is 12.5. The van der Waals surface area contributed by atoms with E-state index in [1.807, 2.05) is 39.4 Å². The molecule has 0 aliphatic rings. The van der Waals surface area contributed by atoms with Gasteiger partial charge in [-0.15, -0.1) is 0 Å². The third-order valence-corrected chi connectivity index (χ3v) is 3.72. The number of halogens is 1. The van der Waals surface area contributed by atoms with Gasteiger partial charge in [-0.05, 0) is 29.3 Å². The minimum Gasteiger partial charge on any atom is -0.299 e. The number of Topliss-reactive ketones (excluding diaryl/α,β-unsaturated/α-hetero) is 1. The zero-order valence-electron chi connectivity index (χ0n) is 10.6. The molecule has 1 rings (SSSR count). The zero-order valence-corrected chi connectivity index (χ0v) is 12.2. The van der Waals surface area contributed by atoms with Crippen molar-refractivity contribution >= 4 is 21.7 Å². The van der Waals surface area contributed by atoms with Crippen LogP contribution in [0.4, 0.5) is 0 Å². The van der Waals surface area contributed by atoms with Gasteiger partial charge in [0, 0.05) is 18.9 Å². The average molecular weight is 287 g/mol. The molecule has 0 saturated heterocycles. The van der Waals surface area contributed by atoms with Gasteiger partial charge in [0.15, 0.2) is 0 Å². The van der Waals surface area contributed by atoms with Gasteiger partial charge in [-0.1, -0.05) is 20.8 Å². The summed E-state index contributed by atoms with van der Waals surface area (Å²) in [4.78, 5) is 11.8. The quantitative estimate of drug-likeness (QED) is 0.856. The van der Waals surface area contributed by atoms with E-state index in [2.05, 4.69) is 21.0 Å². The van der Waals surface area contributed by atoms with Crippen LogP contribution in [0, 0.1) is 12.3 Å². The second kappa shape index (κ2) is 4.70. The van der Waals surface area contributed by atoms with Crippen molar-refractivity contribution in [3.8, 4) is 0 Å². The van der Waals surface area contributed by atoms with Gasteiger partial charge in [-0.25, -0.2) is 0 Å². The Labute approximate surface area is 105 Å². The molecular formula is C12H19BrN2O. The van der Waals surface area contributed by atoms with E-state index in [1.165, 1.54) is 0 Å². The van der Waals surface area contributed by atoms with Crippen molar-refractivity contribution in [1.82, 2.24) is 9.78 Å². The number of hydrogen-bond acceptors (Lipinski definition) is 2. The summed E-state index contributed by atoms with van der Waals surface area (Å²) in [7, 11) is 1.91. The largest absolute Gasteiger partial charge is 0.299 e. The normalized spacial score (nSPS) is 11.9. The Hall–Kier alpha value is -0.640. The molecule has 0 saturated carbocycles. The van der Waals surface area contributed by atoms with E-state index in [9.17, 15) is 4.79 Å². The van der Waals surface area contributed by atoms with Gasteiger partial charge < -0.3 is 0 Å². The Bertz CT molecular complexity index is 402. The van der Waals surface area contributed by atoms with E-state index in [0.717, 1.165) is 22.3 Å². The number of nitrogens with zero attached hydrogens (tertiary/aromatic N) is 2. The third-order valence-electron chi connectivity index (χ3n) is 2.69. The van der Waals surface area contributed by atoms with Crippen LogP contribution < -0.4 is 0 Å². The van der Waals surface area contributed by atoms with Gasteiger partial charge in [-0.3, -0.25) is 9.48 Å². The predicted molar refractivity (Wildman–Crippen MR) is 68.4 cm³/mol. The van der Waals surface area contributed by atoms with Crippen molar-refractivity contribution in [3.05, 3.63) is 15.9 Å². The molecular weight excluding hydrogens is 268 g/mol. The molecule has 0 fully saturated rings. The first kappa shape index (κ1) is 13.4. The van der Waals surface area contributed by atoms with Crippen molar-refractivity contribution in [2.75, 3.05) is 0 Å². The molecule has 0 aliphatic heterocycles. The summed E-state index contributed by atoms with van der Waals surface area (Å²) in [5, 5.41) is 4.31. The van der Waals surface area contributed by atoms with E-state index in [0.29, 0.717) is 12.2 Å². The fraction of sp³-hybridized carbons (Fsp3) is 0.667. The van der Waals surface area contributed by atoms with E-state index in [4.69, 9.17) is 0 Å². The molecule has 90 valence electrons. The second-order valence-corrected chi connectivity index (χ2v) is 5.94.